The summed E-state index contributed by atoms with van der Waals surface area (Å²) < 4.78 is 5.71. The van der Waals surface area contributed by atoms with Gasteiger partial charge >= 0.3 is 0 Å². The van der Waals surface area contributed by atoms with Gasteiger partial charge in [-0.2, -0.15) is 0 Å². The van der Waals surface area contributed by atoms with E-state index >= 15 is 0 Å². The van der Waals surface area contributed by atoms with Crippen molar-refractivity contribution in [3.8, 4) is 11.5 Å². The van der Waals surface area contributed by atoms with Crippen LogP contribution in [-0.4, -0.2) is 35.1 Å². The summed E-state index contributed by atoms with van der Waals surface area (Å²) in [6.07, 6.45) is 1.22. The van der Waals surface area contributed by atoms with Gasteiger partial charge in [-0.15, -0.1) is 0 Å². The summed E-state index contributed by atoms with van der Waals surface area (Å²) in [7, 11) is 0. The minimum atomic E-state index is -0.404. The highest BCUT2D eigenvalue weighted by molar-refractivity contribution is 5.94. The van der Waals surface area contributed by atoms with E-state index in [9.17, 15) is 9.90 Å². The maximum Gasteiger partial charge on any atom is 0.253 e. The van der Waals surface area contributed by atoms with E-state index in [2.05, 4.69) is 0 Å². The minimum Gasteiger partial charge on any atom is -0.457 e. The average molecular weight is 297 g/mol. The van der Waals surface area contributed by atoms with E-state index in [1.54, 1.807) is 29.2 Å². The second-order valence-corrected chi connectivity index (χ2v) is 5.49. The lowest BCUT2D eigenvalue weighted by atomic mass is 10.1. The summed E-state index contributed by atoms with van der Waals surface area (Å²) in [4.78, 5) is 14.1. The molecular formula is C18H19NO3. The van der Waals surface area contributed by atoms with Crippen molar-refractivity contribution in [1.29, 1.82) is 0 Å². The number of rotatable bonds is 3. The molecule has 22 heavy (non-hydrogen) atoms. The number of para-hydroxylation sites is 1. The molecule has 114 valence electrons. The smallest absolute Gasteiger partial charge is 0.253 e. The number of ether oxygens (including phenoxy) is 1. The van der Waals surface area contributed by atoms with E-state index in [0.717, 1.165) is 18.6 Å². The number of β-amino-alcohol motifs (C(OH)–C–C–N with tert-alkyl or cyclic N) is 1. The van der Waals surface area contributed by atoms with E-state index in [4.69, 9.17) is 4.74 Å². The molecule has 1 aliphatic heterocycles. The number of aliphatic hydroxyl groups is 1. The molecule has 1 saturated heterocycles. The quantitative estimate of drug-likeness (QED) is 0.947. The number of likely N-dealkylation sites (tertiary alicyclic amines) is 1. The van der Waals surface area contributed by atoms with Gasteiger partial charge in [0.05, 0.1) is 6.10 Å². The highest BCUT2D eigenvalue weighted by Gasteiger charge is 2.22. The molecule has 1 fully saturated rings. The van der Waals surface area contributed by atoms with Crippen LogP contribution in [-0.2, 0) is 0 Å². The van der Waals surface area contributed by atoms with Crippen LogP contribution in [0.1, 0.15) is 23.2 Å². The Morgan fingerprint density at radius 1 is 1.05 bits per heavy atom. The van der Waals surface area contributed by atoms with Gasteiger partial charge < -0.3 is 14.7 Å². The van der Waals surface area contributed by atoms with Crippen LogP contribution in [0.4, 0.5) is 0 Å². The molecule has 0 spiro atoms. The molecule has 0 aromatic heterocycles. The Bertz CT molecular complexity index is 625. The van der Waals surface area contributed by atoms with E-state index in [0.29, 0.717) is 24.4 Å². The Kier molecular flexibility index (Phi) is 4.39. The van der Waals surface area contributed by atoms with Gasteiger partial charge in [0.2, 0.25) is 0 Å². The van der Waals surface area contributed by atoms with Crippen LogP contribution >= 0.6 is 0 Å². The van der Waals surface area contributed by atoms with Gasteiger partial charge in [-0.3, -0.25) is 4.79 Å². The van der Waals surface area contributed by atoms with Crippen molar-refractivity contribution in [3.05, 3.63) is 60.2 Å². The van der Waals surface area contributed by atoms with Crippen molar-refractivity contribution in [2.45, 2.75) is 18.9 Å². The van der Waals surface area contributed by atoms with Gasteiger partial charge in [0, 0.05) is 18.7 Å². The topological polar surface area (TPSA) is 49.8 Å². The molecular weight excluding hydrogens is 278 g/mol. The molecule has 0 radical (unpaired) electrons. The first kappa shape index (κ1) is 14.6. The average Bonchev–Trinajstić information content (AvgIpc) is 2.56. The number of piperidine rings is 1. The molecule has 1 amide bonds. The van der Waals surface area contributed by atoms with Crippen molar-refractivity contribution in [2.24, 2.45) is 0 Å². The van der Waals surface area contributed by atoms with Crippen LogP contribution in [0.25, 0.3) is 0 Å². The normalized spacial score (nSPS) is 18.0. The molecule has 4 nitrogen and oxygen atoms in total. The summed E-state index contributed by atoms with van der Waals surface area (Å²) >= 11 is 0. The van der Waals surface area contributed by atoms with Crippen LogP contribution in [0, 0.1) is 0 Å². The third-order valence-electron chi connectivity index (χ3n) is 3.76. The van der Waals surface area contributed by atoms with Crippen LogP contribution in [0.2, 0.25) is 0 Å². The number of benzene rings is 2. The summed E-state index contributed by atoms with van der Waals surface area (Å²) in [6, 6.07) is 16.6. The zero-order valence-electron chi connectivity index (χ0n) is 12.3. The van der Waals surface area contributed by atoms with E-state index < -0.39 is 6.10 Å². The molecule has 0 saturated carbocycles. The Morgan fingerprint density at radius 3 is 2.41 bits per heavy atom. The lowest BCUT2D eigenvalue weighted by Gasteiger charge is -2.30. The maximum atomic E-state index is 12.4. The standard InChI is InChI=1S/C18H19NO3/c20-15-5-4-12-19(13-15)18(21)14-8-10-17(11-9-14)22-16-6-2-1-3-7-16/h1-3,6-11,15,20H,4-5,12-13H2. The molecule has 3 rings (SSSR count). The Balaban J connectivity index is 1.67. The van der Waals surface area contributed by atoms with Gasteiger partial charge in [0.25, 0.3) is 5.91 Å². The Hall–Kier alpha value is -2.33. The largest absolute Gasteiger partial charge is 0.457 e. The van der Waals surface area contributed by atoms with Crippen LogP contribution in [0.15, 0.2) is 54.6 Å². The predicted octanol–water partition coefficient (Wildman–Crippen LogP) is 3.08. The highest BCUT2D eigenvalue weighted by Crippen LogP contribution is 2.22. The first-order valence-corrected chi connectivity index (χ1v) is 7.53. The highest BCUT2D eigenvalue weighted by atomic mass is 16.5. The molecule has 1 atom stereocenters. The molecule has 4 heteroatoms. The lowest BCUT2D eigenvalue weighted by molar-refractivity contribution is 0.0474. The Morgan fingerprint density at radius 2 is 1.73 bits per heavy atom. The third kappa shape index (κ3) is 3.46. The van der Waals surface area contributed by atoms with Gasteiger partial charge in [0.15, 0.2) is 0 Å². The van der Waals surface area contributed by atoms with Crippen molar-refractivity contribution < 1.29 is 14.6 Å². The second kappa shape index (κ2) is 6.62. The minimum absolute atomic E-state index is 0.0370. The number of nitrogens with zero attached hydrogens (tertiary/aromatic N) is 1. The van der Waals surface area contributed by atoms with E-state index in [-0.39, 0.29) is 5.91 Å². The molecule has 2 aromatic rings. The number of carbonyl (C=O) groups excluding carboxylic acids is 1. The zero-order chi connectivity index (χ0) is 15.4. The van der Waals surface area contributed by atoms with Crippen molar-refractivity contribution in [1.82, 2.24) is 4.90 Å². The van der Waals surface area contributed by atoms with E-state index in [1.165, 1.54) is 0 Å². The van der Waals surface area contributed by atoms with Gasteiger partial charge in [-0.05, 0) is 49.2 Å². The Labute approximate surface area is 130 Å². The fourth-order valence-corrected chi connectivity index (χ4v) is 2.61. The third-order valence-corrected chi connectivity index (χ3v) is 3.76. The van der Waals surface area contributed by atoms with Gasteiger partial charge in [-0.25, -0.2) is 0 Å². The SMILES string of the molecule is O=C(c1ccc(Oc2ccccc2)cc1)N1CCCC(O)C1. The molecule has 1 unspecified atom stereocenters. The molecule has 0 bridgehead atoms. The first-order chi connectivity index (χ1) is 10.7. The van der Waals surface area contributed by atoms with Gasteiger partial charge in [-0.1, -0.05) is 18.2 Å². The zero-order valence-corrected chi connectivity index (χ0v) is 12.3. The number of aliphatic hydroxyl groups excluding tert-OH is 1. The molecule has 1 heterocycles. The first-order valence-electron chi connectivity index (χ1n) is 7.53. The maximum absolute atomic E-state index is 12.4. The second-order valence-electron chi connectivity index (χ2n) is 5.49. The number of hydrogen-bond donors (Lipinski definition) is 1. The van der Waals surface area contributed by atoms with Crippen molar-refractivity contribution >= 4 is 5.91 Å². The van der Waals surface area contributed by atoms with Crippen molar-refractivity contribution in [2.75, 3.05) is 13.1 Å². The number of hydrogen-bond acceptors (Lipinski definition) is 3. The predicted molar refractivity (Wildman–Crippen MR) is 84.1 cm³/mol. The number of carbonyl (C=O) groups is 1. The van der Waals surface area contributed by atoms with E-state index in [1.807, 2.05) is 30.3 Å². The molecule has 1 N–H and O–H groups in total. The van der Waals surface area contributed by atoms with Gasteiger partial charge in [0.1, 0.15) is 11.5 Å². The summed E-state index contributed by atoms with van der Waals surface area (Å²) in [5.41, 5.74) is 0.620. The monoisotopic (exact) mass is 297 g/mol. The summed E-state index contributed by atoms with van der Waals surface area (Å²) in [6.45, 7) is 1.12. The summed E-state index contributed by atoms with van der Waals surface area (Å²) in [5, 5.41) is 9.67. The lowest BCUT2D eigenvalue weighted by Crippen LogP contribution is -2.42. The van der Waals surface area contributed by atoms with Crippen LogP contribution in [0.3, 0.4) is 0 Å². The molecule has 1 aliphatic rings. The molecule has 0 aliphatic carbocycles. The fraction of sp³-hybridized carbons (Fsp3) is 0.278. The van der Waals surface area contributed by atoms with Crippen molar-refractivity contribution in [3.63, 3.8) is 0 Å². The van der Waals surface area contributed by atoms with Crippen LogP contribution in [0.5, 0.6) is 11.5 Å². The van der Waals surface area contributed by atoms with Crippen LogP contribution < -0.4 is 4.74 Å². The number of amides is 1. The fourth-order valence-electron chi connectivity index (χ4n) is 2.61. The molecule has 2 aromatic carbocycles. The summed E-state index contributed by atoms with van der Waals surface area (Å²) in [5.74, 6) is 1.42.